The summed E-state index contributed by atoms with van der Waals surface area (Å²) in [6.07, 6.45) is 5.63. The highest BCUT2D eigenvalue weighted by molar-refractivity contribution is 5.93. The Morgan fingerprint density at radius 2 is 1.78 bits per heavy atom. The van der Waals surface area contributed by atoms with E-state index in [0.29, 0.717) is 0 Å². The van der Waals surface area contributed by atoms with Crippen LogP contribution in [0.15, 0.2) is 36.4 Å². The molecule has 27 heavy (non-hydrogen) atoms. The van der Waals surface area contributed by atoms with Crippen molar-refractivity contribution in [2.75, 3.05) is 5.32 Å². The summed E-state index contributed by atoms with van der Waals surface area (Å²) in [5.41, 5.74) is 6.56. The smallest absolute Gasteiger partial charge is 0.227 e. The molecule has 1 heterocycles. The maximum Gasteiger partial charge on any atom is 0.227 e. The van der Waals surface area contributed by atoms with E-state index in [9.17, 15) is 4.79 Å². The standard InChI is InChI=1S/C23H27N3O/c1-15-13-16(2)21-20(14-15)26(3)22(25-21)17-9-11-19(12-10-17)24-23(27)18-7-5-4-6-8-18/h9-14,18H,4-8H2,1-3H3,(H,24,27). The number of fused-ring (bicyclic) bond motifs is 1. The van der Waals surface area contributed by atoms with Gasteiger partial charge in [0.1, 0.15) is 5.82 Å². The Morgan fingerprint density at radius 1 is 1.07 bits per heavy atom. The first kappa shape index (κ1) is 17.8. The van der Waals surface area contributed by atoms with E-state index in [-0.39, 0.29) is 11.8 Å². The molecule has 1 fully saturated rings. The number of hydrogen-bond donors (Lipinski definition) is 1. The lowest BCUT2D eigenvalue weighted by molar-refractivity contribution is -0.120. The van der Waals surface area contributed by atoms with Gasteiger partial charge in [-0.15, -0.1) is 0 Å². The summed E-state index contributed by atoms with van der Waals surface area (Å²) in [6, 6.07) is 12.4. The number of benzene rings is 2. The number of carbonyl (C=O) groups excluding carboxylic acids is 1. The summed E-state index contributed by atoms with van der Waals surface area (Å²) in [5, 5.41) is 3.08. The number of nitrogens with one attached hydrogen (secondary N) is 1. The molecule has 1 saturated carbocycles. The van der Waals surface area contributed by atoms with Crippen LogP contribution in [-0.4, -0.2) is 15.5 Å². The van der Waals surface area contributed by atoms with Gasteiger partial charge in [-0.1, -0.05) is 25.3 Å². The molecule has 4 rings (SSSR count). The molecule has 4 heteroatoms. The number of anilines is 1. The molecule has 0 radical (unpaired) electrons. The maximum absolute atomic E-state index is 12.4. The Labute approximate surface area is 160 Å². The number of rotatable bonds is 3. The largest absolute Gasteiger partial charge is 0.327 e. The zero-order valence-electron chi connectivity index (χ0n) is 16.4. The number of aryl methyl sites for hydroxylation is 3. The van der Waals surface area contributed by atoms with E-state index in [1.165, 1.54) is 30.4 Å². The van der Waals surface area contributed by atoms with Crippen molar-refractivity contribution in [3.8, 4) is 11.4 Å². The number of imidazole rings is 1. The van der Waals surface area contributed by atoms with Crippen LogP contribution < -0.4 is 5.32 Å². The number of nitrogens with zero attached hydrogens (tertiary/aromatic N) is 2. The van der Waals surface area contributed by atoms with Gasteiger partial charge in [0, 0.05) is 24.2 Å². The van der Waals surface area contributed by atoms with Crippen molar-refractivity contribution in [1.82, 2.24) is 9.55 Å². The van der Waals surface area contributed by atoms with Crippen LogP contribution >= 0.6 is 0 Å². The summed E-state index contributed by atoms with van der Waals surface area (Å²) in [5.74, 6) is 1.28. The molecule has 0 atom stereocenters. The van der Waals surface area contributed by atoms with Crippen LogP contribution in [0.1, 0.15) is 43.2 Å². The van der Waals surface area contributed by atoms with Crippen LogP contribution in [0.4, 0.5) is 5.69 Å². The van der Waals surface area contributed by atoms with Crippen molar-refractivity contribution in [3.05, 3.63) is 47.5 Å². The second kappa shape index (κ2) is 7.18. The first-order chi connectivity index (χ1) is 13.0. The first-order valence-electron chi connectivity index (χ1n) is 9.88. The normalized spacial score (nSPS) is 15.2. The van der Waals surface area contributed by atoms with E-state index in [1.807, 2.05) is 24.3 Å². The lowest BCUT2D eigenvalue weighted by Crippen LogP contribution is -2.24. The Bertz CT molecular complexity index is 979. The van der Waals surface area contributed by atoms with E-state index >= 15 is 0 Å². The Morgan fingerprint density at radius 3 is 2.48 bits per heavy atom. The highest BCUT2D eigenvalue weighted by Crippen LogP contribution is 2.28. The minimum absolute atomic E-state index is 0.163. The average molecular weight is 361 g/mol. The second-order valence-corrected chi connectivity index (χ2v) is 7.85. The molecule has 3 aromatic rings. The number of aromatic nitrogens is 2. The molecule has 0 unspecified atom stereocenters. The minimum Gasteiger partial charge on any atom is -0.327 e. The highest BCUT2D eigenvalue weighted by Gasteiger charge is 2.21. The third-order valence-electron chi connectivity index (χ3n) is 5.71. The predicted octanol–water partition coefficient (Wildman–Crippen LogP) is 5.38. The SMILES string of the molecule is Cc1cc(C)c2nc(-c3ccc(NC(=O)C4CCCCC4)cc3)n(C)c2c1. The van der Waals surface area contributed by atoms with Crippen LogP contribution in [0.25, 0.3) is 22.4 Å². The highest BCUT2D eigenvalue weighted by atomic mass is 16.1. The van der Waals surface area contributed by atoms with Crippen LogP contribution in [0, 0.1) is 19.8 Å². The zero-order chi connectivity index (χ0) is 19.0. The van der Waals surface area contributed by atoms with E-state index in [4.69, 9.17) is 4.98 Å². The summed E-state index contributed by atoms with van der Waals surface area (Å²) < 4.78 is 2.14. The molecule has 0 aliphatic heterocycles. The molecule has 0 spiro atoms. The average Bonchev–Trinajstić information content (AvgIpc) is 3.00. The molecule has 140 valence electrons. The number of carbonyl (C=O) groups is 1. The van der Waals surface area contributed by atoms with Gasteiger partial charge in [-0.2, -0.15) is 0 Å². The van der Waals surface area contributed by atoms with Crippen molar-refractivity contribution in [3.63, 3.8) is 0 Å². The molecule has 1 aromatic heterocycles. The molecular weight excluding hydrogens is 334 g/mol. The molecule has 1 aliphatic carbocycles. The minimum atomic E-state index is 0.163. The van der Waals surface area contributed by atoms with Crippen LogP contribution in [-0.2, 0) is 11.8 Å². The third-order valence-corrected chi connectivity index (χ3v) is 5.71. The van der Waals surface area contributed by atoms with Crippen molar-refractivity contribution in [2.45, 2.75) is 46.0 Å². The van der Waals surface area contributed by atoms with Crippen molar-refractivity contribution >= 4 is 22.6 Å². The fraction of sp³-hybridized carbons (Fsp3) is 0.391. The van der Waals surface area contributed by atoms with E-state index in [0.717, 1.165) is 41.0 Å². The lowest BCUT2D eigenvalue weighted by atomic mass is 9.88. The molecule has 1 aliphatic rings. The van der Waals surface area contributed by atoms with Gasteiger partial charge in [-0.05, 0) is 68.1 Å². The van der Waals surface area contributed by atoms with E-state index < -0.39 is 0 Å². The third kappa shape index (κ3) is 3.48. The quantitative estimate of drug-likeness (QED) is 0.681. The Hall–Kier alpha value is -2.62. The van der Waals surface area contributed by atoms with Gasteiger partial charge in [0.15, 0.2) is 0 Å². The lowest BCUT2D eigenvalue weighted by Gasteiger charge is -2.20. The summed E-state index contributed by atoms with van der Waals surface area (Å²) >= 11 is 0. The summed E-state index contributed by atoms with van der Waals surface area (Å²) in [7, 11) is 2.06. The summed E-state index contributed by atoms with van der Waals surface area (Å²) in [4.78, 5) is 17.3. The second-order valence-electron chi connectivity index (χ2n) is 7.85. The molecule has 1 N–H and O–H groups in total. The molecular formula is C23H27N3O. The van der Waals surface area contributed by atoms with Gasteiger partial charge >= 0.3 is 0 Å². The molecule has 0 bridgehead atoms. The van der Waals surface area contributed by atoms with Crippen molar-refractivity contribution in [2.24, 2.45) is 13.0 Å². The Balaban J connectivity index is 1.57. The number of amides is 1. The van der Waals surface area contributed by atoms with Gasteiger partial charge in [-0.25, -0.2) is 4.98 Å². The van der Waals surface area contributed by atoms with E-state index in [1.54, 1.807) is 0 Å². The fourth-order valence-corrected chi connectivity index (χ4v) is 4.20. The van der Waals surface area contributed by atoms with Gasteiger partial charge in [0.2, 0.25) is 5.91 Å². The van der Waals surface area contributed by atoms with E-state index in [2.05, 4.69) is 42.9 Å². The van der Waals surface area contributed by atoms with Gasteiger partial charge in [0.25, 0.3) is 0 Å². The maximum atomic E-state index is 12.4. The summed E-state index contributed by atoms with van der Waals surface area (Å²) in [6.45, 7) is 4.22. The van der Waals surface area contributed by atoms with Crippen molar-refractivity contribution < 1.29 is 4.79 Å². The molecule has 1 amide bonds. The number of hydrogen-bond acceptors (Lipinski definition) is 2. The van der Waals surface area contributed by atoms with Crippen LogP contribution in [0.3, 0.4) is 0 Å². The van der Waals surface area contributed by atoms with Crippen LogP contribution in [0.2, 0.25) is 0 Å². The zero-order valence-corrected chi connectivity index (χ0v) is 16.4. The van der Waals surface area contributed by atoms with Crippen LogP contribution in [0.5, 0.6) is 0 Å². The Kier molecular flexibility index (Phi) is 4.73. The predicted molar refractivity (Wildman–Crippen MR) is 111 cm³/mol. The van der Waals surface area contributed by atoms with Gasteiger partial charge in [0.05, 0.1) is 11.0 Å². The topological polar surface area (TPSA) is 46.9 Å². The monoisotopic (exact) mass is 361 g/mol. The first-order valence-corrected chi connectivity index (χ1v) is 9.88. The van der Waals surface area contributed by atoms with Gasteiger partial charge in [-0.3, -0.25) is 4.79 Å². The van der Waals surface area contributed by atoms with Crippen molar-refractivity contribution in [1.29, 1.82) is 0 Å². The molecule has 4 nitrogen and oxygen atoms in total. The fourth-order valence-electron chi connectivity index (χ4n) is 4.20. The molecule has 0 saturated heterocycles. The van der Waals surface area contributed by atoms with Gasteiger partial charge < -0.3 is 9.88 Å². The molecule has 2 aromatic carbocycles.